The molecule has 0 spiro atoms. The highest BCUT2D eigenvalue weighted by atomic mass is 19.3. The van der Waals surface area contributed by atoms with Crippen LogP contribution in [0.2, 0.25) is 0 Å². The number of nitrogens with zero attached hydrogens (tertiary/aromatic N) is 5. The Morgan fingerprint density at radius 1 is 1.08 bits per heavy atom. The van der Waals surface area contributed by atoms with Crippen LogP contribution in [0.5, 0.6) is 11.6 Å². The number of alkyl halides is 4. The third-order valence-corrected chi connectivity index (χ3v) is 5.62. The number of hydrogen-bond acceptors (Lipinski definition) is 8. The maximum Gasteiger partial charge on any atom is 0.274 e. The maximum atomic E-state index is 13.5. The first-order chi connectivity index (χ1) is 17.8. The number of nitrogens with one attached hydrogen (secondary N) is 1. The Hall–Kier alpha value is -4.00. The van der Waals surface area contributed by atoms with E-state index in [2.05, 4.69) is 25.5 Å². The summed E-state index contributed by atoms with van der Waals surface area (Å²) < 4.78 is 71.0. The molecule has 0 amide bonds. The molecule has 37 heavy (non-hydrogen) atoms. The lowest BCUT2D eigenvalue weighted by atomic mass is 10.2. The van der Waals surface area contributed by atoms with Crippen LogP contribution in [-0.4, -0.2) is 56.6 Å². The second-order valence-corrected chi connectivity index (χ2v) is 8.44. The zero-order chi connectivity index (χ0) is 26.1. The molecule has 1 aromatic carbocycles. The van der Waals surface area contributed by atoms with Crippen molar-refractivity contribution in [2.24, 2.45) is 0 Å². The summed E-state index contributed by atoms with van der Waals surface area (Å²) in [5.41, 5.74) is 1.84. The number of hydrogen-bond donors (Lipinski definition) is 1. The molecule has 1 atom stereocenters. The van der Waals surface area contributed by atoms with Gasteiger partial charge in [-0.3, -0.25) is 4.57 Å². The molecule has 0 aliphatic carbocycles. The summed E-state index contributed by atoms with van der Waals surface area (Å²) >= 11 is 0. The molecule has 4 heterocycles. The number of rotatable bonds is 9. The van der Waals surface area contributed by atoms with Crippen molar-refractivity contribution in [3.8, 4) is 17.4 Å². The van der Waals surface area contributed by atoms with E-state index in [1.165, 1.54) is 17.0 Å². The zero-order valence-corrected chi connectivity index (χ0v) is 19.7. The first kappa shape index (κ1) is 24.7. The second-order valence-electron chi connectivity index (χ2n) is 8.44. The summed E-state index contributed by atoms with van der Waals surface area (Å²) in [6.07, 6.45) is -6.16. The van der Waals surface area contributed by atoms with E-state index in [1.807, 2.05) is 13.0 Å². The van der Waals surface area contributed by atoms with Gasteiger partial charge in [-0.05, 0) is 44.2 Å². The third kappa shape index (κ3) is 5.26. The molecule has 1 fully saturated rings. The summed E-state index contributed by atoms with van der Waals surface area (Å²) in [4.78, 5) is 8.52. The number of anilines is 2. The quantitative estimate of drug-likeness (QED) is 0.309. The predicted octanol–water partition coefficient (Wildman–Crippen LogP) is 5.01. The highest BCUT2D eigenvalue weighted by molar-refractivity contribution is 5.86. The topological polar surface area (TPSA) is 96.2 Å². The van der Waals surface area contributed by atoms with E-state index in [4.69, 9.17) is 14.2 Å². The van der Waals surface area contributed by atoms with Crippen molar-refractivity contribution < 1.29 is 31.8 Å². The number of fused-ring (bicyclic) bond motifs is 1. The lowest BCUT2D eigenvalue weighted by Crippen LogP contribution is -2.38. The van der Waals surface area contributed by atoms with Gasteiger partial charge in [0.2, 0.25) is 5.88 Å². The molecular formula is C24H22F4N6O3. The van der Waals surface area contributed by atoms with Gasteiger partial charge in [-0.25, -0.2) is 22.5 Å². The number of halogens is 4. The van der Waals surface area contributed by atoms with E-state index in [1.54, 1.807) is 18.2 Å². The van der Waals surface area contributed by atoms with Crippen molar-refractivity contribution in [2.75, 3.05) is 18.5 Å². The number of benzene rings is 1. The molecule has 1 aliphatic heterocycles. The van der Waals surface area contributed by atoms with Crippen LogP contribution in [0.3, 0.4) is 0 Å². The molecule has 0 saturated carbocycles. The number of ether oxygens (including phenoxy) is 3. The second kappa shape index (κ2) is 10.2. The summed E-state index contributed by atoms with van der Waals surface area (Å²) in [6, 6.07) is 9.49. The minimum absolute atomic E-state index is 0.155. The maximum absolute atomic E-state index is 13.5. The average molecular weight is 518 g/mol. The molecule has 5 rings (SSSR count). The predicted molar refractivity (Wildman–Crippen MR) is 125 cm³/mol. The Morgan fingerprint density at radius 3 is 2.54 bits per heavy atom. The Balaban J connectivity index is 1.55. The number of aryl methyl sites for hydroxylation is 1. The Labute approximate surface area is 208 Å². The van der Waals surface area contributed by atoms with Crippen molar-refractivity contribution in [1.82, 2.24) is 24.7 Å². The van der Waals surface area contributed by atoms with Crippen molar-refractivity contribution >= 4 is 22.5 Å². The van der Waals surface area contributed by atoms with E-state index in [0.717, 1.165) is 18.7 Å². The van der Waals surface area contributed by atoms with Crippen LogP contribution in [0, 0.1) is 6.92 Å². The molecule has 0 radical (unpaired) electrons. The minimum atomic E-state index is -2.95. The summed E-state index contributed by atoms with van der Waals surface area (Å²) in [6.45, 7) is 3.77. The van der Waals surface area contributed by atoms with Gasteiger partial charge in [0.05, 0.1) is 41.2 Å². The van der Waals surface area contributed by atoms with Crippen LogP contribution in [0.15, 0.2) is 42.7 Å². The first-order valence-electron chi connectivity index (χ1n) is 11.4. The van der Waals surface area contributed by atoms with Crippen LogP contribution in [0.4, 0.5) is 29.1 Å². The molecule has 194 valence electrons. The summed E-state index contributed by atoms with van der Waals surface area (Å²) in [7, 11) is 0. The first-order valence-corrected chi connectivity index (χ1v) is 11.4. The van der Waals surface area contributed by atoms with Gasteiger partial charge in [0.15, 0.2) is 11.9 Å². The molecule has 13 heteroatoms. The van der Waals surface area contributed by atoms with Gasteiger partial charge in [0, 0.05) is 6.07 Å². The standard InChI is InChI=1S/C24H22F4N6O3/c1-12-3-5-20(33-32-12)30-17-7-16-18(8-19(17)37-14-9-35-10-14)34(11-29-16)21-6-4-15(23(27)28)24(31-21)36-13(2)22(25)26/h3-8,11,13-14,22-23H,9-10H2,1-2H3,(H,30,33). The van der Waals surface area contributed by atoms with Gasteiger partial charge < -0.3 is 19.5 Å². The summed E-state index contributed by atoms with van der Waals surface area (Å²) in [5, 5.41) is 11.3. The van der Waals surface area contributed by atoms with Crippen LogP contribution in [0.1, 0.15) is 24.6 Å². The van der Waals surface area contributed by atoms with Crippen molar-refractivity contribution in [2.45, 2.75) is 38.9 Å². The summed E-state index contributed by atoms with van der Waals surface area (Å²) in [5.74, 6) is 0.558. The van der Waals surface area contributed by atoms with Gasteiger partial charge in [-0.2, -0.15) is 10.1 Å². The van der Waals surface area contributed by atoms with Crippen LogP contribution in [-0.2, 0) is 4.74 Å². The highest BCUT2D eigenvalue weighted by Gasteiger charge is 2.25. The molecule has 4 aromatic rings. The highest BCUT2D eigenvalue weighted by Crippen LogP contribution is 2.35. The number of aromatic nitrogens is 5. The average Bonchev–Trinajstić information content (AvgIpc) is 3.25. The lowest BCUT2D eigenvalue weighted by Gasteiger charge is -2.27. The van der Waals surface area contributed by atoms with Crippen molar-refractivity contribution in [1.29, 1.82) is 0 Å². The Kier molecular flexibility index (Phi) is 6.78. The fraction of sp³-hybridized carbons (Fsp3) is 0.333. The Morgan fingerprint density at radius 2 is 1.89 bits per heavy atom. The van der Waals surface area contributed by atoms with Gasteiger partial charge in [0.1, 0.15) is 24.0 Å². The van der Waals surface area contributed by atoms with Gasteiger partial charge in [0.25, 0.3) is 12.9 Å². The van der Waals surface area contributed by atoms with E-state index >= 15 is 0 Å². The van der Waals surface area contributed by atoms with Gasteiger partial charge in [-0.15, -0.1) is 5.10 Å². The van der Waals surface area contributed by atoms with E-state index in [9.17, 15) is 17.6 Å². The molecule has 0 bridgehead atoms. The smallest absolute Gasteiger partial charge is 0.274 e. The third-order valence-electron chi connectivity index (χ3n) is 5.62. The van der Waals surface area contributed by atoms with Crippen LogP contribution in [0.25, 0.3) is 16.9 Å². The molecule has 1 saturated heterocycles. The molecular weight excluding hydrogens is 496 g/mol. The Bertz CT molecular complexity index is 1400. The lowest BCUT2D eigenvalue weighted by molar-refractivity contribution is -0.0793. The molecule has 1 N–H and O–H groups in total. The monoisotopic (exact) mass is 518 g/mol. The van der Waals surface area contributed by atoms with Crippen molar-refractivity contribution in [3.63, 3.8) is 0 Å². The number of imidazole rings is 1. The molecule has 1 aliphatic rings. The van der Waals surface area contributed by atoms with Gasteiger partial charge >= 0.3 is 0 Å². The molecule has 3 aromatic heterocycles. The van der Waals surface area contributed by atoms with Gasteiger partial charge in [-0.1, -0.05) is 0 Å². The fourth-order valence-corrected chi connectivity index (χ4v) is 3.54. The van der Waals surface area contributed by atoms with E-state index < -0.39 is 30.4 Å². The number of pyridine rings is 1. The van der Waals surface area contributed by atoms with E-state index in [0.29, 0.717) is 41.5 Å². The fourth-order valence-electron chi connectivity index (χ4n) is 3.54. The van der Waals surface area contributed by atoms with Crippen LogP contribution >= 0.6 is 0 Å². The zero-order valence-electron chi connectivity index (χ0n) is 19.7. The SMILES string of the molecule is Cc1ccc(Nc2cc3ncn(-c4ccc(C(F)F)c(OC(C)C(F)F)n4)c3cc2OC2COC2)nn1. The minimum Gasteiger partial charge on any atom is -0.483 e. The van der Waals surface area contributed by atoms with Crippen molar-refractivity contribution in [3.05, 3.63) is 54.0 Å². The van der Waals surface area contributed by atoms with E-state index in [-0.39, 0.29) is 11.9 Å². The van der Waals surface area contributed by atoms with Crippen LogP contribution < -0.4 is 14.8 Å². The molecule has 9 nitrogen and oxygen atoms in total. The largest absolute Gasteiger partial charge is 0.483 e. The normalized spacial score (nSPS) is 14.7. The molecule has 1 unspecified atom stereocenters.